The van der Waals surface area contributed by atoms with Gasteiger partial charge in [-0.2, -0.15) is 0 Å². The molecule has 0 aliphatic heterocycles. The first kappa shape index (κ1) is 6.16. The Morgan fingerprint density at radius 1 is 1.36 bits per heavy atom. The molecule has 0 saturated heterocycles. The number of H-pyrrole nitrogens is 1. The maximum absolute atomic E-state index is 4.05. The van der Waals surface area contributed by atoms with E-state index < -0.39 is 0 Å². The van der Waals surface area contributed by atoms with Crippen molar-refractivity contribution >= 4 is 0 Å². The van der Waals surface area contributed by atoms with Gasteiger partial charge in [0.2, 0.25) is 0 Å². The molecule has 0 atom stereocenters. The van der Waals surface area contributed by atoms with Crippen LogP contribution >= 0.6 is 0 Å². The van der Waals surface area contributed by atoms with Crippen LogP contribution in [0.2, 0.25) is 0 Å². The third-order valence-electron chi connectivity index (χ3n) is 1.30. The number of nitrogens with zero attached hydrogens (tertiary/aromatic N) is 1. The van der Waals surface area contributed by atoms with Crippen molar-refractivity contribution in [2.24, 2.45) is 0 Å². The van der Waals surface area contributed by atoms with Crippen LogP contribution in [0, 0.1) is 24.3 Å². The van der Waals surface area contributed by atoms with Gasteiger partial charge in [-0.05, 0) is 18.2 Å². The number of hydrogen-bond donors (Lipinski definition) is 1. The van der Waals surface area contributed by atoms with Crippen molar-refractivity contribution < 1.29 is 0 Å². The second-order valence-corrected chi connectivity index (χ2v) is 2.02. The van der Waals surface area contributed by atoms with Crippen molar-refractivity contribution in [3.05, 3.63) is 42.7 Å². The quantitative estimate of drug-likeness (QED) is 0.635. The minimum Gasteiger partial charge on any atom is -0.345 e. The summed E-state index contributed by atoms with van der Waals surface area (Å²) in [7, 11) is 0. The Hall–Kier alpha value is -1.57. The molecule has 2 nitrogen and oxygen atoms in total. The van der Waals surface area contributed by atoms with E-state index >= 15 is 0 Å². The summed E-state index contributed by atoms with van der Waals surface area (Å²) in [5.41, 5.74) is 0.855. The Morgan fingerprint density at radius 3 is 3.00 bits per heavy atom. The number of hydrogen-bond acceptors (Lipinski definition) is 1. The van der Waals surface area contributed by atoms with Gasteiger partial charge in [0.1, 0.15) is 5.82 Å². The minimum atomic E-state index is 0.784. The number of imidazole rings is 1. The van der Waals surface area contributed by atoms with E-state index in [0.29, 0.717) is 0 Å². The highest BCUT2D eigenvalue weighted by atomic mass is 14.9. The second-order valence-electron chi connectivity index (χ2n) is 2.02. The highest BCUT2D eigenvalue weighted by Gasteiger charge is 1.96. The molecule has 2 aromatic rings. The topological polar surface area (TPSA) is 28.7 Å². The third-order valence-corrected chi connectivity index (χ3v) is 1.30. The van der Waals surface area contributed by atoms with Gasteiger partial charge in [-0.25, -0.2) is 4.98 Å². The normalized spacial score (nSPS) is 9.82. The van der Waals surface area contributed by atoms with Crippen molar-refractivity contribution in [1.82, 2.24) is 9.97 Å². The van der Waals surface area contributed by atoms with Crippen molar-refractivity contribution in [1.29, 1.82) is 0 Å². The summed E-state index contributed by atoms with van der Waals surface area (Å²) in [6.45, 7) is 0. The van der Waals surface area contributed by atoms with Crippen LogP contribution in [0.5, 0.6) is 0 Å². The first-order chi connectivity index (χ1) is 5.47. The lowest BCUT2D eigenvalue weighted by Crippen LogP contribution is -1.78. The zero-order valence-electron chi connectivity index (χ0n) is 5.68. The number of rotatable bonds is 1. The fourth-order valence-corrected chi connectivity index (χ4v) is 0.819. The number of benzene rings is 1. The first-order valence-corrected chi connectivity index (χ1v) is 3.18. The summed E-state index contributed by atoms with van der Waals surface area (Å²) in [6.07, 6.45) is 3.46. The van der Waals surface area contributed by atoms with E-state index in [1.807, 2.05) is 0 Å². The van der Waals surface area contributed by atoms with Gasteiger partial charge in [-0.15, -0.1) is 0 Å². The molecule has 1 N–H and O–H groups in total. The molecule has 2 heteroatoms. The molecule has 11 heavy (non-hydrogen) atoms. The zero-order valence-corrected chi connectivity index (χ0v) is 5.68. The largest absolute Gasteiger partial charge is 0.345 e. The Morgan fingerprint density at radius 2 is 2.36 bits per heavy atom. The molecule has 0 aliphatic carbocycles. The van der Waals surface area contributed by atoms with Crippen molar-refractivity contribution in [3.8, 4) is 11.4 Å². The van der Waals surface area contributed by atoms with Gasteiger partial charge in [-0.3, -0.25) is 0 Å². The number of nitrogens with one attached hydrogen (secondary N) is 1. The molecule has 0 fully saturated rings. The first-order valence-electron chi connectivity index (χ1n) is 3.18. The third kappa shape index (κ3) is 1.15. The predicted molar refractivity (Wildman–Crippen MR) is 39.4 cm³/mol. The summed E-state index contributed by atoms with van der Waals surface area (Å²) in [6, 6.07) is 12.7. The highest BCUT2D eigenvalue weighted by Crippen LogP contribution is 2.10. The average molecular weight is 140 g/mol. The Balaban J connectivity index is 2.46. The molecule has 0 spiro atoms. The van der Waals surface area contributed by atoms with E-state index in [4.69, 9.17) is 0 Å². The lowest BCUT2D eigenvalue weighted by molar-refractivity contribution is 1.31. The van der Waals surface area contributed by atoms with Crippen LogP contribution in [0.1, 0.15) is 0 Å². The van der Waals surface area contributed by atoms with Crippen LogP contribution in [-0.2, 0) is 0 Å². The molecule has 1 heterocycles. The number of aromatic amines is 1. The molecule has 2 rings (SSSR count). The summed E-state index contributed by atoms with van der Waals surface area (Å²) >= 11 is 0. The summed E-state index contributed by atoms with van der Waals surface area (Å²) in [5.74, 6) is 0.784. The molecule has 0 aliphatic rings. The zero-order chi connectivity index (χ0) is 7.52. The highest BCUT2D eigenvalue weighted by molar-refractivity contribution is 5.52. The molecule has 0 unspecified atom stereocenters. The fourth-order valence-electron chi connectivity index (χ4n) is 0.819. The van der Waals surface area contributed by atoms with E-state index in [2.05, 4.69) is 34.2 Å². The van der Waals surface area contributed by atoms with E-state index in [-0.39, 0.29) is 0 Å². The fraction of sp³-hybridized carbons (Fsp3) is 0. The molecule has 0 amide bonds. The van der Waals surface area contributed by atoms with Crippen LogP contribution in [-0.4, -0.2) is 9.97 Å². The van der Waals surface area contributed by atoms with E-state index in [9.17, 15) is 0 Å². The van der Waals surface area contributed by atoms with Crippen LogP contribution in [0.4, 0.5) is 0 Å². The second kappa shape index (κ2) is 2.58. The van der Waals surface area contributed by atoms with E-state index in [0.717, 1.165) is 11.4 Å². The number of aromatic nitrogens is 2. The van der Waals surface area contributed by atoms with Crippen LogP contribution < -0.4 is 0 Å². The molecular weight excluding hydrogens is 136 g/mol. The monoisotopic (exact) mass is 140 g/mol. The van der Waals surface area contributed by atoms with Gasteiger partial charge in [0.05, 0.1) is 0 Å². The molecule has 0 saturated carbocycles. The van der Waals surface area contributed by atoms with Crippen LogP contribution in [0.3, 0.4) is 0 Å². The molecule has 4 radical (unpaired) electrons. The molecule has 1 aromatic heterocycles. The van der Waals surface area contributed by atoms with Gasteiger partial charge >= 0.3 is 0 Å². The Labute approximate surface area is 64.9 Å². The van der Waals surface area contributed by atoms with Gasteiger partial charge in [0.15, 0.2) is 0 Å². The smallest absolute Gasteiger partial charge is 0.137 e. The average Bonchev–Trinajstić information content (AvgIpc) is 2.58. The SMILES string of the molecule is [c]1[c][c]c(-c2ncc[nH]2)c[c]1. The maximum Gasteiger partial charge on any atom is 0.137 e. The molecule has 50 valence electrons. The van der Waals surface area contributed by atoms with Gasteiger partial charge < -0.3 is 4.98 Å². The van der Waals surface area contributed by atoms with Gasteiger partial charge in [0.25, 0.3) is 0 Å². The van der Waals surface area contributed by atoms with Crippen molar-refractivity contribution in [2.75, 3.05) is 0 Å². The van der Waals surface area contributed by atoms with E-state index in [1.54, 1.807) is 18.5 Å². The van der Waals surface area contributed by atoms with Crippen molar-refractivity contribution in [3.63, 3.8) is 0 Å². The lowest BCUT2D eigenvalue weighted by Gasteiger charge is -1.91. The summed E-state index contributed by atoms with van der Waals surface area (Å²) in [4.78, 5) is 7.00. The van der Waals surface area contributed by atoms with E-state index in [1.165, 1.54) is 0 Å². The Kier molecular flexibility index (Phi) is 1.44. The standard InChI is InChI=1S/C9H4N2/c1-2-4-8(5-3-1)9-10-6-7-11-9/h4,6-7H,(H,10,11). The summed E-state index contributed by atoms with van der Waals surface area (Å²) < 4.78 is 0. The van der Waals surface area contributed by atoms with Crippen LogP contribution in [0.25, 0.3) is 11.4 Å². The molecular formula is C9H4N2. The van der Waals surface area contributed by atoms with Gasteiger partial charge in [-0.1, -0.05) is 0 Å². The van der Waals surface area contributed by atoms with Crippen molar-refractivity contribution in [2.45, 2.75) is 0 Å². The van der Waals surface area contributed by atoms with Gasteiger partial charge in [0, 0.05) is 30.1 Å². The lowest BCUT2D eigenvalue weighted by atomic mass is 10.2. The molecule has 1 aromatic carbocycles. The molecule has 0 bridgehead atoms. The predicted octanol–water partition coefficient (Wildman–Crippen LogP) is 1.28. The maximum atomic E-state index is 4.05. The summed E-state index contributed by atoms with van der Waals surface area (Å²) in [5, 5.41) is 0. The Bertz CT molecular complexity index is 311. The minimum absolute atomic E-state index is 0.784. The van der Waals surface area contributed by atoms with Crippen LogP contribution in [0.15, 0.2) is 18.5 Å².